The molecule has 1 aromatic rings. The van der Waals surface area contributed by atoms with Crippen molar-refractivity contribution in [3.05, 3.63) is 29.8 Å². The van der Waals surface area contributed by atoms with Gasteiger partial charge in [0.25, 0.3) is 0 Å². The van der Waals surface area contributed by atoms with Gasteiger partial charge in [0, 0.05) is 31.9 Å². The lowest BCUT2D eigenvalue weighted by Crippen LogP contribution is -2.47. The lowest BCUT2D eigenvalue weighted by atomic mass is 9.97. The van der Waals surface area contributed by atoms with Crippen molar-refractivity contribution in [3.63, 3.8) is 0 Å². The largest absolute Gasteiger partial charge is 0.355 e. The van der Waals surface area contributed by atoms with Crippen LogP contribution in [0.1, 0.15) is 25.3 Å². The standard InChI is InChI=1S/C18H28N4O2.ClH/c1-3-19-9-10-20-17(23)15-7-5-11-22(13-15)18(24)21-16-8-4-6-14(2)12-16;/h4,6,8,12,15,19H,3,5,7,9-11,13H2,1-2H3,(H,20,23)(H,21,24);1H. The second-order valence-corrected chi connectivity index (χ2v) is 6.23. The smallest absolute Gasteiger partial charge is 0.321 e. The number of nitrogens with zero attached hydrogens (tertiary/aromatic N) is 1. The van der Waals surface area contributed by atoms with Gasteiger partial charge in [-0.15, -0.1) is 12.4 Å². The number of likely N-dealkylation sites (tertiary alicyclic amines) is 1. The summed E-state index contributed by atoms with van der Waals surface area (Å²) >= 11 is 0. The molecular formula is C18H29ClN4O2. The first-order valence-corrected chi connectivity index (χ1v) is 8.71. The second kappa shape index (κ2) is 10.9. The minimum Gasteiger partial charge on any atom is -0.355 e. The lowest BCUT2D eigenvalue weighted by molar-refractivity contribution is -0.126. The number of piperidine rings is 1. The number of aryl methyl sites for hydroxylation is 1. The molecule has 1 unspecified atom stereocenters. The fourth-order valence-electron chi connectivity index (χ4n) is 2.90. The number of rotatable bonds is 6. The first kappa shape index (κ1) is 21.3. The summed E-state index contributed by atoms with van der Waals surface area (Å²) in [7, 11) is 0. The summed E-state index contributed by atoms with van der Waals surface area (Å²) in [5.74, 6) is -0.0791. The number of halogens is 1. The highest BCUT2D eigenvalue weighted by Gasteiger charge is 2.28. The number of amides is 3. The number of likely N-dealkylation sites (N-methyl/N-ethyl adjacent to an activating group) is 1. The normalized spacial score (nSPS) is 16.7. The van der Waals surface area contributed by atoms with Gasteiger partial charge in [-0.1, -0.05) is 19.1 Å². The predicted molar refractivity (Wildman–Crippen MR) is 103 cm³/mol. The average molecular weight is 369 g/mol. The molecule has 0 aromatic heterocycles. The summed E-state index contributed by atoms with van der Waals surface area (Å²) in [6, 6.07) is 7.59. The number of carbonyl (C=O) groups excluding carboxylic acids is 2. The topological polar surface area (TPSA) is 73.5 Å². The Morgan fingerprint density at radius 2 is 2.08 bits per heavy atom. The van der Waals surface area contributed by atoms with Crippen LogP contribution in [0.15, 0.2) is 24.3 Å². The maximum absolute atomic E-state index is 12.4. The monoisotopic (exact) mass is 368 g/mol. The number of urea groups is 1. The van der Waals surface area contributed by atoms with Crippen LogP contribution in [0.25, 0.3) is 0 Å². The predicted octanol–water partition coefficient (Wildman–Crippen LogP) is 2.39. The van der Waals surface area contributed by atoms with Crippen molar-refractivity contribution in [2.24, 2.45) is 5.92 Å². The summed E-state index contributed by atoms with van der Waals surface area (Å²) in [5.41, 5.74) is 1.89. The van der Waals surface area contributed by atoms with Crippen molar-refractivity contribution in [2.45, 2.75) is 26.7 Å². The van der Waals surface area contributed by atoms with E-state index < -0.39 is 0 Å². The minimum absolute atomic E-state index is 0. The van der Waals surface area contributed by atoms with E-state index in [2.05, 4.69) is 16.0 Å². The molecule has 1 saturated heterocycles. The fraction of sp³-hybridized carbons (Fsp3) is 0.556. The van der Waals surface area contributed by atoms with Crippen LogP contribution in [0.3, 0.4) is 0 Å². The van der Waals surface area contributed by atoms with Crippen molar-refractivity contribution in [2.75, 3.05) is 38.0 Å². The number of hydrogen-bond donors (Lipinski definition) is 3. The van der Waals surface area contributed by atoms with E-state index in [1.54, 1.807) is 4.90 Å². The number of benzene rings is 1. The van der Waals surface area contributed by atoms with Gasteiger partial charge in [0.1, 0.15) is 0 Å². The van der Waals surface area contributed by atoms with Crippen LogP contribution < -0.4 is 16.0 Å². The molecule has 2 rings (SSSR count). The Hall–Kier alpha value is -1.79. The Balaban J connectivity index is 0.00000312. The van der Waals surface area contributed by atoms with Crippen LogP contribution in [-0.2, 0) is 4.79 Å². The maximum Gasteiger partial charge on any atom is 0.321 e. The van der Waals surface area contributed by atoms with Crippen molar-refractivity contribution >= 4 is 30.0 Å². The van der Waals surface area contributed by atoms with Crippen LogP contribution >= 0.6 is 12.4 Å². The first-order chi connectivity index (χ1) is 11.6. The Bertz CT molecular complexity index is 568. The quantitative estimate of drug-likeness (QED) is 0.675. The molecule has 1 heterocycles. The fourth-order valence-corrected chi connectivity index (χ4v) is 2.90. The van der Waals surface area contributed by atoms with Gasteiger partial charge in [0.05, 0.1) is 5.92 Å². The number of anilines is 1. The van der Waals surface area contributed by atoms with E-state index in [4.69, 9.17) is 0 Å². The molecule has 0 aliphatic carbocycles. The average Bonchev–Trinajstić information content (AvgIpc) is 2.58. The molecule has 7 heteroatoms. The molecule has 0 radical (unpaired) electrons. The Morgan fingerprint density at radius 3 is 2.80 bits per heavy atom. The molecule has 1 aromatic carbocycles. The SMILES string of the molecule is CCNCCNC(=O)C1CCCN(C(=O)Nc2cccc(C)c2)C1.Cl. The molecule has 0 saturated carbocycles. The summed E-state index contributed by atoms with van der Waals surface area (Å²) in [6.07, 6.45) is 1.69. The zero-order valence-electron chi connectivity index (χ0n) is 15.0. The third-order valence-electron chi connectivity index (χ3n) is 4.20. The third-order valence-corrected chi connectivity index (χ3v) is 4.20. The Labute approximate surface area is 156 Å². The lowest BCUT2D eigenvalue weighted by Gasteiger charge is -2.32. The summed E-state index contributed by atoms with van der Waals surface area (Å²) < 4.78 is 0. The first-order valence-electron chi connectivity index (χ1n) is 8.71. The van der Waals surface area contributed by atoms with Gasteiger partial charge in [-0.2, -0.15) is 0 Å². The van der Waals surface area contributed by atoms with Gasteiger partial charge in [0.15, 0.2) is 0 Å². The van der Waals surface area contributed by atoms with Gasteiger partial charge >= 0.3 is 6.03 Å². The molecule has 25 heavy (non-hydrogen) atoms. The highest BCUT2D eigenvalue weighted by Crippen LogP contribution is 2.18. The molecule has 1 aliphatic heterocycles. The van der Waals surface area contributed by atoms with Gasteiger partial charge in [0.2, 0.25) is 5.91 Å². The van der Waals surface area contributed by atoms with E-state index in [0.29, 0.717) is 19.6 Å². The molecule has 0 bridgehead atoms. The number of carbonyl (C=O) groups is 2. The van der Waals surface area contributed by atoms with Crippen molar-refractivity contribution in [1.82, 2.24) is 15.5 Å². The van der Waals surface area contributed by atoms with Crippen LogP contribution in [0, 0.1) is 12.8 Å². The van der Waals surface area contributed by atoms with E-state index in [1.165, 1.54) is 0 Å². The van der Waals surface area contributed by atoms with Crippen LogP contribution in [0.2, 0.25) is 0 Å². The summed E-state index contributed by atoms with van der Waals surface area (Å²) in [6.45, 7) is 7.49. The molecule has 1 aliphatic rings. The highest BCUT2D eigenvalue weighted by molar-refractivity contribution is 5.90. The molecule has 0 spiro atoms. The zero-order valence-corrected chi connectivity index (χ0v) is 15.8. The van der Waals surface area contributed by atoms with E-state index in [-0.39, 0.29) is 30.3 Å². The van der Waals surface area contributed by atoms with Crippen molar-refractivity contribution in [1.29, 1.82) is 0 Å². The van der Waals surface area contributed by atoms with Crippen molar-refractivity contribution < 1.29 is 9.59 Å². The molecule has 6 nitrogen and oxygen atoms in total. The Morgan fingerprint density at radius 1 is 1.28 bits per heavy atom. The van der Waals surface area contributed by atoms with Gasteiger partial charge in [-0.3, -0.25) is 4.79 Å². The molecule has 3 amide bonds. The Kier molecular flexibility index (Phi) is 9.31. The van der Waals surface area contributed by atoms with E-state index >= 15 is 0 Å². The van der Waals surface area contributed by atoms with Gasteiger partial charge in [-0.25, -0.2) is 4.79 Å². The van der Waals surface area contributed by atoms with Crippen LogP contribution in [0.5, 0.6) is 0 Å². The molecule has 3 N–H and O–H groups in total. The number of nitrogens with one attached hydrogen (secondary N) is 3. The third kappa shape index (κ3) is 6.92. The van der Waals surface area contributed by atoms with Crippen LogP contribution in [-0.4, -0.2) is 49.6 Å². The molecule has 1 fully saturated rings. The molecular weight excluding hydrogens is 340 g/mol. The van der Waals surface area contributed by atoms with E-state index in [0.717, 1.165) is 37.2 Å². The van der Waals surface area contributed by atoms with Gasteiger partial charge < -0.3 is 20.9 Å². The summed E-state index contributed by atoms with van der Waals surface area (Å²) in [5, 5.41) is 9.04. The second-order valence-electron chi connectivity index (χ2n) is 6.23. The van der Waals surface area contributed by atoms with Crippen molar-refractivity contribution in [3.8, 4) is 0 Å². The van der Waals surface area contributed by atoms with Crippen LogP contribution in [0.4, 0.5) is 10.5 Å². The zero-order chi connectivity index (χ0) is 17.4. The minimum atomic E-state index is -0.134. The van der Waals surface area contributed by atoms with E-state index in [9.17, 15) is 9.59 Å². The molecule has 1 atom stereocenters. The van der Waals surface area contributed by atoms with Gasteiger partial charge in [-0.05, 0) is 44.0 Å². The summed E-state index contributed by atoms with van der Waals surface area (Å²) in [4.78, 5) is 26.4. The highest BCUT2D eigenvalue weighted by atomic mass is 35.5. The maximum atomic E-state index is 12.4. The van der Waals surface area contributed by atoms with E-state index in [1.807, 2.05) is 38.1 Å². The molecule has 140 valence electrons. The number of hydrogen-bond acceptors (Lipinski definition) is 3.